The highest BCUT2D eigenvalue weighted by Crippen LogP contribution is 2.24. The van der Waals surface area contributed by atoms with Gasteiger partial charge in [0.2, 0.25) is 11.8 Å². The third-order valence-electron chi connectivity index (χ3n) is 4.22. The maximum atomic E-state index is 12.4. The summed E-state index contributed by atoms with van der Waals surface area (Å²) in [6, 6.07) is 6.89. The highest BCUT2D eigenvalue weighted by Gasteiger charge is 2.40. The molecule has 0 bridgehead atoms. The number of benzene rings is 1. The predicted octanol–water partition coefficient (Wildman–Crippen LogP) is 2.44. The Morgan fingerprint density at radius 1 is 1.42 bits per heavy atom. The van der Waals surface area contributed by atoms with Crippen LogP contribution in [0.25, 0.3) is 11.5 Å². The second-order valence-electron chi connectivity index (χ2n) is 5.79. The molecule has 0 radical (unpaired) electrons. The fourth-order valence-electron chi connectivity index (χ4n) is 2.62. The largest absolute Gasteiger partial charge is 0.403 e. The van der Waals surface area contributed by atoms with E-state index in [1.165, 1.54) is 0 Å². The first-order chi connectivity index (χ1) is 11.5. The second kappa shape index (κ2) is 6.78. The van der Waals surface area contributed by atoms with Crippen molar-refractivity contribution in [2.24, 2.45) is 0 Å². The molecule has 1 aliphatic heterocycles. The fraction of sp³-hybridized carbons (Fsp3) is 0.438. The van der Waals surface area contributed by atoms with E-state index >= 15 is 0 Å². The van der Waals surface area contributed by atoms with E-state index in [-0.39, 0.29) is 24.1 Å². The quantitative estimate of drug-likeness (QED) is 0.892. The van der Waals surface area contributed by atoms with E-state index in [0.717, 1.165) is 5.56 Å². The number of nitrogens with zero attached hydrogens (tertiary/aromatic N) is 3. The van der Waals surface area contributed by atoms with E-state index in [1.54, 1.807) is 43.2 Å². The van der Waals surface area contributed by atoms with Crippen LogP contribution in [0.2, 0.25) is 5.02 Å². The number of anilines is 1. The molecule has 1 amide bonds. The van der Waals surface area contributed by atoms with Gasteiger partial charge in [-0.3, -0.25) is 4.79 Å². The van der Waals surface area contributed by atoms with Crippen molar-refractivity contribution in [1.29, 1.82) is 0 Å². The van der Waals surface area contributed by atoms with Gasteiger partial charge >= 0.3 is 6.01 Å². The Kier molecular flexibility index (Phi) is 4.73. The molecule has 1 fully saturated rings. The SMILES string of the molecule is CO[C@H]1CN(C(=O)[C@@H](C)Nc2nnc(-c3ccc(Cl)cc3)o2)[C@H]1C. The van der Waals surface area contributed by atoms with Crippen molar-refractivity contribution < 1.29 is 13.9 Å². The normalized spacial score (nSPS) is 21.2. The first-order valence-corrected chi connectivity index (χ1v) is 8.06. The molecule has 3 atom stereocenters. The molecule has 0 spiro atoms. The Morgan fingerprint density at radius 3 is 2.75 bits per heavy atom. The maximum absolute atomic E-state index is 12.4. The fourth-order valence-corrected chi connectivity index (χ4v) is 2.75. The maximum Gasteiger partial charge on any atom is 0.316 e. The van der Waals surface area contributed by atoms with Gasteiger partial charge < -0.3 is 19.4 Å². The molecular formula is C16H19ClN4O3. The Morgan fingerprint density at radius 2 is 2.12 bits per heavy atom. The molecule has 0 saturated carbocycles. The lowest BCUT2D eigenvalue weighted by atomic mass is 10.00. The second-order valence-corrected chi connectivity index (χ2v) is 6.23. The lowest BCUT2D eigenvalue weighted by Gasteiger charge is -2.46. The van der Waals surface area contributed by atoms with Crippen molar-refractivity contribution in [2.75, 3.05) is 19.0 Å². The molecule has 1 aromatic carbocycles. The molecule has 1 aromatic heterocycles. The molecule has 128 valence electrons. The number of carbonyl (C=O) groups is 1. The number of hydrogen-bond acceptors (Lipinski definition) is 6. The Hall–Kier alpha value is -2.12. The molecule has 1 aliphatic rings. The van der Waals surface area contributed by atoms with Gasteiger partial charge in [-0.25, -0.2) is 0 Å². The molecule has 0 unspecified atom stereocenters. The summed E-state index contributed by atoms with van der Waals surface area (Å²) in [5.74, 6) is 0.340. The third kappa shape index (κ3) is 3.22. The number of carbonyl (C=O) groups excluding carboxylic acids is 1. The van der Waals surface area contributed by atoms with Crippen LogP contribution in [0.3, 0.4) is 0 Å². The smallest absolute Gasteiger partial charge is 0.316 e. The molecule has 1 saturated heterocycles. The van der Waals surface area contributed by atoms with E-state index in [2.05, 4.69) is 15.5 Å². The van der Waals surface area contributed by atoms with E-state index < -0.39 is 6.04 Å². The number of methoxy groups -OCH3 is 1. The van der Waals surface area contributed by atoms with Crippen LogP contribution in [-0.2, 0) is 9.53 Å². The van der Waals surface area contributed by atoms with Gasteiger partial charge in [-0.1, -0.05) is 16.7 Å². The standard InChI is InChI=1S/C16H19ClN4O3/c1-9(15(22)21-8-13(23-3)10(21)2)18-16-20-19-14(24-16)11-4-6-12(17)7-5-11/h4-7,9-10,13H,8H2,1-3H3,(H,18,20)/t9-,10+,13+/m1/s1. The number of aromatic nitrogens is 2. The average molecular weight is 351 g/mol. The number of rotatable bonds is 5. The highest BCUT2D eigenvalue weighted by molar-refractivity contribution is 6.30. The molecule has 7 nitrogen and oxygen atoms in total. The summed E-state index contributed by atoms with van der Waals surface area (Å²) in [7, 11) is 1.65. The molecule has 0 aliphatic carbocycles. The number of halogens is 1. The minimum Gasteiger partial charge on any atom is -0.403 e. The van der Waals surface area contributed by atoms with Crippen molar-refractivity contribution in [2.45, 2.75) is 32.0 Å². The summed E-state index contributed by atoms with van der Waals surface area (Å²) in [5.41, 5.74) is 0.762. The summed E-state index contributed by atoms with van der Waals surface area (Å²) in [6.45, 7) is 4.33. The van der Waals surface area contributed by atoms with Crippen LogP contribution in [0.4, 0.5) is 6.01 Å². The van der Waals surface area contributed by atoms with Gasteiger partial charge in [0.25, 0.3) is 0 Å². The predicted molar refractivity (Wildman–Crippen MR) is 89.8 cm³/mol. The number of hydrogen-bond donors (Lipinski definition) is 1. The van der Waals surface area contributed by atoms with Crippen molar-refractivity contribution in [3.05, 3.63) is 29.3 Å². The van der Waals surface area contributed by atoms with Crippen LogP contribution in [0.15, 0.2) is 28.7 Å². The van der Waals surface area contributed by atoms with Crippen LogP contribution in [-0.4, -0.2) is 52.8 Å². The van der Waals surface area contributed by atoms with Crippen LogP contribution in [0.5, 0.6) is 0 Å². The number of ether oxygens (including phenoxy) is 1. The first kappa shape index (κ1) is 16.7. The van der Waals surface area contributed by atoms with Crippen LogP contribution >= 0.6 is 11.6 Å². The van der Waals surface area contributed by atoms with Crippen LogP contribution in [0, 0.1) is 0 Å². The van der Waals surface area contributed by atoms with Gasteiger partial charge in [-0.05, 0) is 38.1 Å². The van der Waals surface area contributed by atoms with E-state index in [9.17, 15) is 4.79 Å². The van der Waals surface area contributed by atoms with Gasteiger partial charge in [0.1, 0.15) is 6.04 Å². The number of likely N-dealkylation sites (tertiary alicyclic amines) is 1. The van der Waals surface area contributed by atoms with Crippen molar-refractivity contribution in [1.82, 2.24) is 15.1 Å². The van der Waals surface area contributed by atoms with Crippen LogP contribution in [0.1, 0.15) is 13.8 Å². The minimum absolute atomic E-state index is 0.0259. The average Bonchev–Trinajstić information content (AvgIpc) is 3.02. The lowest BCUT2D eigenvalue weighted by molar-refractivity contribution is -0.152. The molecular weight excluding hydrogens is 332 g/mol. The summed E-state index contributed by atoms with van der Waals surface area (Å²) in [6.07, 6.45) is 0.0982. The van der Waals surface area contributed by atoms with Crippen LogP contribution < -0.4 is 5.32 Å². The molecule has 8 heteroatoms. The van der Waals surface area contributed by atoms with Crippen molar-refractivity contribution in [3.8, 4) is 11.5 Å². The molecule has 2 heterocycles. The van der Waals surface area contributed by atoms with Gasteiger partial charge in [-0.2, -0.15) is 0 Å². The minimum atomic E-state index is -0.469. The molecule has 24 heavy (non-hydrogen) atoms. The topological polar surface area (TPSA) is 80.5 Å². The third-order valence-corrected chi connectivity index (χ3v) is 4.47. The summed E-state index contributed by atoms with van der Waals surface area (Å²) >= 11 is 5.86. The van der Waals surface area contributed by atoms with E-state index in [4.69, 9.17) is 20.8 Å². The Balaban J connectivity index is 1.62. The van der Waals surface area contributed by atoms with Gasteiger partial charge in [0.05, 0.1) is 12.1 Å². The van der Waals surface area contributed by atoms with Gasteiger partial charge in [-0.15, -0.1) is 5.10 Å². The van der Waals surface area contributed by atoms with E-state index in [0.29, 0.717) is 17.5 Å². The number of nitrogens with one attached hydrogen (secondary N) is 1. The van der Waals surface area contributed by atoms with Crippen molar-refractivity contribution >= 4 is 23.5 Å². The lowest BCUT2D eigenvalue weighted by Crippen LogP contribution is -2.63. The zero-order valence-electron chi connectivity index (χ0n) is 13.7. The summed E-state index contributed by atoms with van der Waals surface area (Å²) in [4.78, 5) is 14.2. The number of amides is 1. The summed E-state index contributed by atoms with van der Waals surface area (Å²) in [5, 5.41) is 11.5. The van der Waals surface area contributed by atoms with Crippen molar-refractivity contribution in [3.63, 3.8) is 0 Å². The Bertz CT molecular complexity index is 718. The monoisotopic (exact) mass is 350 g/mol. The van der Waals surface area contributed by atoms with Gasteiger partial charge in [0, 0.05) is 24.2 Å². The summed E-state index contributed by atoms with van der Waals surface area (Å²) < 4.78 is 10.8. The highest BCUT2D eigenvalue weighted by atomic mass is 35.5. The molecule has 3 rings (SSSR count). The van der Waals surface area contributed by atoms with E-state index in [1.807, 2.05) is 6.92 Å². The zero-order chi connectivity index (χ0) is 17.3. The molecule has 2 aromatic rings. The first-order valence-electron chi connectivity index (χ1n) is 7.69. The molecule has 1 N–H and O–H groups in total. The zero-order valence-corrected chi connectivity index (χ0v) is 14.4. The van der Waals surface area contributed by atoms with Gasteiger partial charge in [0.15, 0.2) is 0 Å². The Labute approximate surface area is 144 Å².